The van der Waals surface area contributed by atoms with Crippen LogP contribution in [0.4, 0.5) is 0 Å². The highest BCUT2D eigenvalue weighted by atomic mass is 35.5. The van der Waals surface area contributed by atoms with Crippen LogP contribution in [0.3, 0.4) is 0 Å². The zero-order valence-corrected chi connectivity index (χ0v) is 10.9. The van der Waals surface area contributed by atoms with Gasteiger partial charge in [-0.25, -0.2) is 0 Å². The van der Waals surface area contributed by atoms with Crippen LogP contribution < -0.4 is 5.73 Å². The fourth-order valence-corrected chi connectivity index (χ4v) is 2.92. The second-order valence-corrected chi connectivity index (χ2v) is 5.50. The average Bonchev–Trinajstić information content (AvgIpc) is 2.66. The zero-order chi connectivity index (χ0) is 11.7. The molecule has 1 aromatic heterocycles. The van der Waals surface area contributed by atoms with E-state index in [2.05, 4.69) is 25.1 Å². The number of hydrogen-bond acceptors (Lipinski definition) is 2. The van der Waals surface area contributed by atoms with Crippen molar-refractivity contribution in [1.29, 1.82) is 0 Å². The van der Waals surface area contributed by atoms with E-state index in [0.717, 1.165) is 5.02 Å². The van der Waals surface area contributed by atoms with Crippen molar-refractivity contribution >= 4 is 22.9 Å². The first kappa shape index (κ1) is 11.6. The maximum Gasteiger partial charge on any atom is 0.0409 e. The van der Waals surface area contributed by atoms with Gasteiger partial charge < -0.3 is 5.73 Å². The molecule has 1 heterocycles. The van der Waals surface area contributed by atoms with Gasteiger partial charge in [0.1, 0.15) is 0 Å². The maximum atomic E-state index is 5.94. The van der Waals surface area contributed by atoms with E-state index < -0.39 is 0 Å². The minimum atomic E-state index is 0.103. The van der Waals surface area contributed by atoms with E-state index in [1.54, 1.807) is 11.3 Å². The number of benzene rings is 1. The van der Waals surface area contributed by atoms with Crippen molar-refractivity contribution in [3.05, 3.63) is 45.8 Å². The summed E-state index contributed by atoms with van der Waals surface area (Å²) in [5, 5.41) is 0.783. The number of hydrogen-bond donors (Lipinski definition) is 1. The van der Waals surface area contributed by atoms with Gasteiger partial charge in [-0.05, 0) is 49.2 Å². The molecule has 0 aliphatic carbocycles. The average molecular weight is 252 g/mol. The van der Waals surface area contributed by atoms with Crippen molar-refractivity contribution in [2.75, 3.05) is 0 Å². The predicted octanol–water partition coefficient (Wildman–Crippen LogP) is 4.40. The minimum absolute atomic E-state index is 0.103. The van der Waals surface area contributed by atoms with E-state index in [0.29, 0.717) is 0 Å². The van der Waals surface area contributed by atoms with Crippen molar-refractivity contribution < 1.29 is 0 Å². The number of halogens is 1. The lowest BCUT2D eigenvalue weighted by molar-refractivity contribution is 0.838. The molecule has 0 saturated heterocycles. The second kappa shape index (κ2) is 4.58. The lowest BCUT2D eigenvalue weighted by atomic mass is 10.1. The fraction of sp³-hybridized carbons (Fsp3) is 0.231. The van der Waals surface area contributed by atoms with E-state index in [9.17, 15) is 0 Å². The van der Waals surface area contributed by atoms with Crippen LogP contribution in [0.2, 0.25) is 5.02 Å². The molecule has 0 spiro atoms. The molecule has 3 heteroatoms. The van der Waals surface area contributed by atoms with Crippen LogP contribution in [-0.4, -0.2) is 0 Å². The quantitative estimate of drug-likeness (QED) is 0.841. The van der Waals surface area contributed by atoms with E-state index in [-0.39, 0.29) is 6.04 Å². The summed E-state index contributed by atoms with van der Waals surface area (Å²) in [6, 6.07) is 10.3. The highest BCUT2D eigenvalue weighted by Crippen LogP contribution is 2.33. The third kappa shape index (κ3) is 2.29. The van der Waals surface area contributed by atoms with Crippen molar-refractivity contribution in [1.82, 2.24) is 0 Å². The molecule has 2 N–H and O–H groups in total. The normalized spacial score (nSPS) is 12.8. The van der Waals surface area contributed by atoms with E-state index in [1.807, 2.05) is 19.1 Å². The molecule has 0 aliphatic heterocycles. The Morgan fingerprint density at radius 2 is 2.00 bits per heavy atom. The summed E-state index contributed by atoms with van der Waals surface area (Å²) in [6.45, 7) is 4.08. The van der Waals surface area contributed by atoms with Crippen LogP contribution in [0, 0.1) is 6.92 Å². The summed E-state index contributed by atoms with van der Waals surface area (Å²) in [7, 11) is 0. The third-order valence-electron chi connectivity index (χ3n) is 2.53. The molecule has 0 amide bonds. The lowest BCUT2D eigenvalue weighted by Gasteiger charge is -2.04. The van der Waals surface area contributed by atoms with Crippen LogP contribution in [0.5, 0.6) is 0 Å². The van der Waals surface area contributed by atoms with Gasteiger partial charge in [0.2, 0.25) is 0 Å². The highest BCUT2D eigenvalue weighted by molar-refractivity contribution is 7.15. The first-order valence-electron chi connectivity index (χ1n) is 5.20. The standard InChI is InChI=1S/C13H14ClNS/c1-8-7-10(14)3-4-11(8)13-6-5-12(16-13)9(2)15/h3-7,9H,15H2,1-2H3. The molecule has 1 unspecified atom stereocenters. The lowest BCUT2D eigenvalue weighted by Crippen LogP contribution is -2.01. The summed E-state index contributed by atoms with van der Waals surface area (Å²) in [5.41, 5.74) is 8.29. The Balaban J connectivity index is 2.42. The molecule has 0 bridgehead atoms. The van der Waals surface area contributed by atoms with E-state index in [4.69, 9.17) is 17.3 Å². The van der Waals surface area contributed by atoms with Gasteiger partial charge >= 0.3 is 0 Å². The van der Waals surface area contributed by atoms with Gasteiger partial charge in [-0.15, -0.1) is 11.3 Å². The molecule has 1 atom stereocenters. The summed E-state index contributed by atoms with van der Waals surface area (Å²) < 4.78 is 0. The van der Waals surface area contributed by atoms with Crippen molar-refractivity contribution in [2.24, 2.45) is 5.73 Å². The number of rotatable bonds is 2. The molecule has 16 heavy (non-hydrogen) atoms. The Hall–Kier alpha value is -0.830. The largest absolute Gasteiger partial charge is 0.324 e. The number of nitrogens with two attached hydrogens (primary N) is 1. The van der Waals surface area contributed by atoms with Crippen molar-refractivity contribution in [2.45, 2.75) is 19.9 Å². The summed E-state index contributed by atoms with van der Waals surface area (Å²) in [4.78, 5) is 2.46. The van der Waals surface area contributed by atoms with Crippen LogP contribution in [0.1, 0.15) is 23.4 Å². The van der Waals surface area contributed by atoms with Crippen LogP contribution in [-0.2, 0) is 0 Å². The summed E-state index contributed by atoms with van der Waals surface area (Å²) in [5.74, 6) is 0. The molecule has 0 radical (unpaired) electrons. The Kier molecular flexibility index (Phi) is 3.33. The smallest absolute Gasteiger partial charge is 0.0409 e. The predicted molar refractivity (Wildman–Crippen MR) is 72.1 cm³/mol. The van der Waals surface area contributed by atoms with Crippen molar-refractivity contribution in [3.63, 3.8) is 0 Å². The van der Waals surface area contributed by atoms with Gasteiger partial charge in [-0.2, -0.15) is 0 Å². The Labute approximate surface area is 105 Å². The fourth-order valence-electron chi connectivity index (χ4n) is 1.65. The van der Waals surface area contributed by atoms with Gasteiger partial charge in [-0.3, -0.25) is 0 Å². The van der Waals surface area contributed by atoms with Crippen molar-refractivity contribution in [3.8, 4) is 10.4 Å². The zero-order valence-electron chi connectivity index (χ0n) is 9.33. The Morgan fingerprint density at radius 1 is 1.25 bits per heavy atom. The van der Waals surface area contributed by atoms with Crippen LogP contribution in [0.15, 0.2) is 30.3 Å². The molecule has 0 aliphatic rings. The van der Waals surface area contributed by atoms with E-state index >= 15 is 0 Å². The first-order valence-corrected chi connectivity index (χ1v) is 6.39. The SMILES string of the molecule is Cc1cc(Cl)ccc1-c1ccc(C(C)N)s1. The molecule has 1 nitrogen and oxygen atoms in total. The van der Waals surface area contributed by atoms with Gasteiger partial charge in [0.25, 0.3) is 0 Å². The molecule has 2 aromatic rings. The van der Waals surface area contributed by atoms with Gasteiger partial charge in [0.15, 0.2) is 0 Å². The molecule has 0 saturated carbocycles. The second-order valence-electron chi connectivity index (χ2n) is 3.95. The molecule has 84 valence electrons. The maximum absolute atomic E-state index is 5.94. The highest BCUT2D eigenvalue weighted by Gasteiger charge is 2.08. The molecular formula is C13H14ClNS. The minimum Gasteiger partial charge on any atom is -0.324 e. The molecule has 2 rings (SSSR count). The van der Waals surface area contributed by atoms with Crippen LogP contribution in [0.25, 0.3) is 10.4 Å². The number of aryl methyl sites for hydroxylation is 1. The monoisotopic (exact) mass is 251 g/mol. The molecular weight excluding hydrogens is 238 g/mol. The van der Waals surface area contributed by atoms with Gasteiger partial charge in [0, 0.05) is 20.8 Å². The van der Waals surface area contributed by atoms with Gasteiger partial charge in [-0.1, -0.05) is 17.7 Å². The molecule has 0 fully saturated rings. The Morgan fingerprint density at radius 3 is 2.56 bits per heavy atom. The van der Waals surface area contributed by atoms with E-state index in [1.165, 1.54) is 20.9 Å². The summed E-state index contributed by atoms with van der Waals surface area (Å²) >= 11 is 7.69. The van der Waals surface area contributed by atoms with Crippen LogP contribution >= 0.6 is 22.9 Å². The Bertz CT molecular complexity index is 502. The molecule has 1 aromatic carbocycles. The first-order chi connectivity index (χ1) is 7.58. The topological polar surface area (TPSA) is 26.0 Å². The summed E-state index contributed by atoms with van der Waals surface area (Å²) in [6.07, 6.45) is 0. The number of thiophene rings is 1. The third-order valence-corrected chi connectivity index (χ3v) is 4.08. The van der Waals surface area contributed by atoms with Gasteiger partial charge in [0.05, 0.1) is 0 Å².